The fourth-order valence-corrected chi connectivity index (χ4v) is 2.63. The summed E-state index contributed by atoms with van der Waals surface area (Å²) in [4.78, 5) is 24.5. The van der Waals surface area contributed by atoms with Crippen LogP contribution in [0.4, 0.5) is 5.82 Å². The highest BCUT2D eigenvalue weighted by Gasteiger charge is 2.17. The standard InChI is InChI=1S/C20H25N3O5/c1-6-7-14-10-15(11-16(26-4)19(14)27-5)20(25)28-12-18(24)22-17-8-9-21-23(17)13(2)3/h6-11,13H,12H2,1-5H3,(H,22,24)/b7-6+. The summed E-state index contributed by atoms with van der Waals surface area (Å²) < 4.78 is 17.4. The number of amides is 1. The second-order valence-corrected chi connectivity index (χ2v) is 6.18. The summed E-state index contributed by atoms with van der Waals surface area (Å²) in [6.07, 6.45) is 5.20. The predicted molar refractivity (Wildman–Crippen MR) is 106 cm³/mol. The zero-order chi connectivity index (χ0) is 20.7. The van der Waals surface area contributed by atoms with Crippen molar-refractivity contribution in [2.45, 2.75) is 26.8 Å². The Labute approximate surface area is 164 Å². The van der Waals surface area contributed by atoms with E-state index in [2.05, 4.69) is 10.4 Å². The molecule has 0 atom stereocenters. The van der Waals surface area contributed by atoms with Crippen LogP contribution in [0.25, 0.3) is 6.08 Å². The number of allylic oxidation sites excluding steroid dienone is 1. The molecule has 0 aliphatic carbocycles. The van der Waals surface area contributed by atoms with E-state index in [1.807, 2.05) is 26.8 Å². The molecule has 8 nitrogen and oxygen atoms in total. The number of carbonyl (C=O) groups excluding carboxylic acids is 2. The van der Waals surface area contributed by atoms with E-state index in [-0.39, 0.29) is 11.6 Å². The highest BCUT2D eigenvalue weighted by atomic mass is 16.5. The number of anilines is 1. The molecule has 0 unspecified atom stereocenters. The molecule has 0 aliphatic rings. The van der Waals surface area contributed by atoms with Gasteiger partial charge in [0.2, 0.25) is 0 Å². The third-order valence-corrected chi connectivity index (χ3v) is 3.85. The first-order valence-electron chi connectivity index (χ1n) is 8.80. The van der Waals surface area contributed by atoms with Gasteiger partial charge in [-0.15, -0.1) is 0 Å². The molecule has 0 saturated carbocycles. The van der Waals surface area contributed by atoms with Gasteiger partial charge in [0.1, 0.15) is 5.82 Å². The number of rotatable bonds is 8. The largest absolute Gasteiger partial charge is 0.493 e. The second-order valence-electron chi connectivity index (χ2n) is 6.18. The van der Waals surface area contributed by atoms with Crippen molar-refractivity contribution in [1.82, 2.24) is 9.78 Å². The zero-order valence-electron chi connectivity index (χ0n) is 16.7. The summed E-state index contributed by atoms with van der Waals surface area (Å²) in [7, 11) is 3.01. The normalized spacial score (nSPS) is 10.9. The highest BCUT2D eigenvalue weighted by molar-refractivity contribution is 5.96. The van der Waals surface area contributed by atoms with Gasteiger partial charge in [0, 0.05) is 17.7 Å². The fraction of sp³-hybridized carbons (Fsp3) is 0.350. The van der Waals surface area contributed by atoms with Crippen molar-refractivity contribution in [3.05, 3.63) is 41.6 Å². The Hall–Kier alpha value is -3.29. The van der Waals surface area contributed by atoms with E-state index < -0.39 is 18.5 Å². The average molecular weight is 387 g/mol. The van der Waals surface area contributed by atoms with Gasteiger partial charge in [0.25, 0.3) is 5.91 Å². The topological polar surface area (TPSA) is 91.7 Å². The first-order chi connectivity index (χ1) is 13.4. The van der Waals surface area contributed by atoms with Crippen LogP contribution in [0.2, 0.25) is 0 Å². The Bertz CT molecular complexity index is 871. The molecule has 8 heteroatoms. The van der Waals surface area contributed by atoms with E-state index in [1.54, 1.807) is 29.1 Å². The second kappa shape index (κ2) is 9.59. The molecule has 28 heavy (non-hydrogen) atoms. The van der Waals surface area contributed by atoms with Crippen LogP contribution in [0.5, 0.6) is 11.5 Å². The van der Waals surface area contributed by atoms with Crippen LogP contribution in [0.15, 0.2) is 30.5 Å². The molecular weight excluding hydrogens is 362 g/mol. The Balaban J connectivity index is 2.09. The van der Waals surface area contributed by atoms with Crippen LogP contribution in [-0.2, 0) is 9.53 Å². The van der Waals surface area contributed by atoms with Gasteiger partial charge in [0.15, 0.2) is 18.1 Å². The van der Waals surface area contributed by atoms with Crippen molar-refractivity contribution in [3.63, 3.8) is 0 Å². The van der Waals surface area contributed by atoms with Gasteiger partial charge in [-0.05, 0) is 32.9 Å². The summed E-state index contributed by atoms with van der Waals surface area (Å²) in [6.45, 7) is 5.32. The van der Waals surface area contributed by atoms with Crippen molar-refractivity contribution in [3.8, 4) is 11.5 Å². The fourth-order valence-electron chi connectivity index (χ4n) is 2.63. The average Bonchev–Trinajstić information content (AvgIpc) is 3.14. The smallest absolute Gasteiger partial charge is 0.338 e. The lowest BCUT2D eigenvalue weighted by atomic mass is 10.1. The van der Waals surface area contributed by atoms with Crippen LogP contribution < -0.4 is 14.8 Å². The molecule has 1 amide bonds. The van der Waals surface area contributed by atoms with Gasteiger partial charge in [-0.3, -0.25) is 4.79 Å². The van der Waals surface area contributed by atoms with Gasteiger partial charge in [-0.25, -0.2) is 9.48 Å². The molecule has 1 aromatic carbocycles. The molecule has 0 spiro atoms. The van der Waals surface area contributed by atoms with Gasteiger partial charge in [-0.1, -0.05) is 12.2 Å². The van der Waals surface area contributed by atoms with Gasteiger partial charge in [-0.2, -0.15) is 5.10 Å². The van der Waals surface area contributed by atoms with Crippen molar-refractivity contribution >= 4 is 23.8 Å². The number of hydrogen-bond donors (Lipinski definition) is 1. The minimum Gasteiger partial charge on any atom is -0.493 e. The molecule has 1 aromatic heterocycles. The maximum absolute atomic E-state index is 12.4. The van der Waals surface area contributed by atoms with Crippen molar-refractivity contribution in [2.75, 3.05) is 26.1 Å². The van der Waals surface area contributed by atoms with E-state index in [0.717, 1.165) is 0 Å². The number of ether oxygens (including phenoxy) is 3. The summed E-state index contributed by atoms with van der Waals surface area (Å²) in [5.74, 6) is 0.355. The van der Waals surface area contributed by atoms with E-state index in [1.165, 1.54) is 20.3 Å². The predicted octanol–water partition coefficient (Wildman–Crippen LogP) is 3.31. The molecule has 1 N–H and O–H groups in total. The molecule has 0 radical (unpaired) electrons. The van der Waals surface area contributed by atoms with Crippen molar-refractivity contribution in [1.29, 1.82) is 0 Å². The number of esters is 1. The molecule has 2 rings (SSSR count). The number of nitrogens with one attached hydrogen (secondary N) is 1. The molecular formula is C20H25N3O5. The SMILES string of the molecule is C/C=C/c1cc(C(=O)OCC(=O)Nc2ccnn2C(C)C)cc(OC)c1OC. The van der Waals surface area contributed by atoms with Crippen LogP contribution in [0.1, 0.15) is 42.7 Å². The van der Waals surface area contributed by atoms with E-state index in [9.17, 15) is 9.59 Å². The number of benzene rings is 1. The lowest BCUT2D eigenvalue weighted by Crippen LogP contribution is -2.23. The van der Waals surface area contributed by atoms with Crippen molar-refractivity contribution < 1.29 is 23.8 Å². The Morgan fingerprint density at radius 3 is 2.61 bits per heavy atom. The molecule has 0 aliphatic heterocycles. The van der Waals surface area contributed by atoms with Crippen LogP contribution in [0, 0.1) is 0 Å². The Morgan fingerprint density at radius 1 is 1.25 bits per heavy atom. The van der Waals surface area contributed by atoms with Crippen LogP contribution >= 0.6 is 0 Å². The molecule has 1 heterocycles. The van der Waals surface area contributed by atoms with Gasteiger partial charge in [0.05, 0.1) is 26.0 Å². The summed E-state index contributed by atoms with van der Waals surface area (Å²) in [6, 6.07) is 4.90. The summed E-state index contributed by atoms with van der Waals surface area (Å²) in [5, 5.41) is 6.82. The molecule has 150 valence electrons. The Morgan fingerprint density at radius 2 is 2.00 bits per heavy atom. The first kappa shape index (κ1) is 21.0. The van der Waals surface area contributed by atoms with E-state index >= 15 is 0 Å². The monoisotopic (exact) mass is 387 g/mol. The van der Waals surface area contributed by atoms with Crippen molar-refractivity contribution in [2.24, 2.45) is 0 Å². The lowest BCUT2D eigenvalue weighted by molar-refractivity contribution is -0.119. The number of carbonyl (C=O) groups is 2. The highest BCUT2D eigenvalue weighted by Crippen LogP contribution is 2.33. The van der Waals surface area contributed by atoms with Crippen LogP contribution in [-0.4, -0.2) is 42.5 Å². The number of nitrogens with zero attached hydrogens (tertiary/aromatic N) is 2. The lowest BCUT2D eigenvalue weighted by Gasteiger charge is -2.13. The Kier molecular flexibility index (Phi) is 7.20. The number of aromatic nitrogens is 2. The molecule has 0 bridgehead atoms. The third kappa shape index (κ3) is 4.91. The van der Waals surface area contributed by atoms with E-state index in [0.29, 0.717) is 22.9 Å². The molecule has 0 fully saturated rings. The maximum Gasteiger partial charge on any atom is 0.338 e. The minimum atomic E-state index is -0.640. The van der Waals surface area contributed by atoms with Crippen LogP contribution in [0.3, 0.4) is 0 Å². The third-order valence-electron chi connectivity index (χ3n) is 3.85. The number of methoxy groups -OCH3 is 2. The summed E-state index contributed by atoms with van der Waals surface area (Å²) in [5.41, 5.74) is 0.923. The quantitative estimate of drug-likeness (QED) is 0.699. The number of hydrogen-bond acceptors (Lipinski definition) is 6. The van der Waals surface area contributed by atoms with E-state index in [4.69, 9.17) is 14.2 Å². The molecule has 0 saturated heterocycles. The van der Waals surface area contributed by atoms with Gasteiger partial charge < -0.3 is 19.5 Å². The maximum atomic E-state index is 12.4. The molecule has 2 aromatic rings. The minimum absolute atomic E-state index is 0.0876. The van der Waals surface area contributed by atoms with Gasteiger partial charge >= 0.3 is 5.97 Å². The zero-order valence-corrected chi connectivity index (χ0v) is 16.7. The summed E-state index contributed by atoms with van der Waals surface area (Å²) >= 11 is 0. The first-order valence-corrected chi connectivity index (χ1v) is 8.80.